The second-order valence-corrected chi connectivity index (χ2v) is 14.1. The molecular weight excluding hydrogens is 578 g/mol. The van der Waals surface area contributed by atoms with Crippen molar-refractivity contribution < 1.29 is 24.0 Å². The molecule has 0 aliphatic rings. The van der Waals surface area contributed by atoms with E-state index in [0.717, 1.165) is 10.5 Å². The van der Waals surface area contributed by atoms with Gasteiger partial charge in [-0.3, -0.25) is 28.7 Å². The van der Waals surface area contributed by atoms with Gasteiger partial charge in [0, 0.05) is 17.0 Å². The topological polar surface area (TPSA) is 145 Å². The van der Waals surface area contributed by atoms with Gasteiger partial charge in [-0.15, -0.1) is 0 Å². The third kappa shape index (κ3) is 11.0. The number of Topliss-reactive ketones (excluding diaryl/α,β-unsaturated/α-hetero) is 1. The van der Waals surface area contributed by atoms with Crippen molar-refractivity contribution in [1.82, 2.24) is 26.0 Å². The van der Waals surface area contributed by atoms with E-state index in [4.69, 9.17) is 0 Å². The third-order valence-electron chi connectivity index (χ3n) is 6.84. The molecule has 2 aromatic rings. The highest BCUT2D eigenvalue weighted by Crippen LogP contribution is 2.22. The normalized spacial score (nSPS) is 14.2. The van der Waals surface area contributed by atoms with E-state index >= 15 is 0 Å². The van der Waals surface area contributed by atoms with Crippen molar-refractivity contribution in [3.63, 3.8) is 0 Å². The summed E-state index contributed by atoms with van der Waals surface area (Å²) in [5, 5.41) is 12.8. The SMILES string of the molecule is C/C=S(/NC)c1ccc(CNC(=O)C(=O)C(CC(C)C)NC(=O)[C@H](C)NC(=O)[C@@H](NC(=O)c2ccccc2)C(C)(C)C)cc1. The smallest absolute Gasteiger partial charge is 0.289 e. The number of carbonyl (C=O) groups is 5. The van der Waals surface area contributed by atoms with Gasteiger partial charge in [0.05, 0.1) is 6.04 Å². The average molecular weight is 626 g/mol. The summed E-state index contributed by atoms with van der Waals surface area (Å²) in [6.45, 7) is 12.8. The summed E-state index contributed by atoms with van der Waals surface area (Å²) >= 11 is 0. The second kappa shape index (κ2) is 16.9. The molecule has 240 valence electrons. The molecule has 0 saturated heterocycles. The molecule has 11 heteroatoms. The number of hydrogen-bond acceptors (Lipinski definition) is 6. The van der Waals surface area contributed by atoms with Gasteiger partial charge in [0.2, 0.25) is 17.6 Å². The molecule has 4 amide bonds. The molecule has 2 rings (SSSR count). The van der Waals surface area contributed by atoms with Gasteiger partial charge in [-0.1, -0.05) is 75.6 Å². The number of rotatable bonds is 14. The van der Waals surface area contributed by atoms with Crippen molar-refractivity contribution >= 4 is 45.4 Å². The van der Waals surface area contributed by atoms with Gasteiger partial charge in [-0.2, -0.15) is 0 Å². The Balaban J connectivity index is 2.04. The minimum absolute atomic E-state index is 0.00397. The summed E-state index contributed by atoms with van der Waals surface area (Å²) in [7, 11) is 1.71. The van der Waals surface area contributed by atoms with E-state index in [9.17, 15) is 24.0 Å². The molecule has 0 spiro atoms. The number of benzene rings is 2. The van der Waals surface area contributed by atoms with Gasteiger partial charge >= 0.3 is 0 Å². The van der Waals surface area contributed by atoms with Crippen molar-refractivity contribution in [2.45, 2.75) is 84.5 Å². The van der Waals surface area contributed by atoms with Crippen LogP contribution >= 0.6 is 10.7 Å². The lowest BCUT2D eigenvalue weighted by molar-refractivity contribution is -0.140. The summed E-state index contributed by atoms with van der Waals surface area (Å²) in [6.07, 6.45) is 0.241. The summed E-state index contributed by atoms with van der Waals surface area (Å²) in [5.41, 5.74) is 0.575. The maximum atomic E-state index is 13.2. The van der Waals surface area contributed by atoms with Crippen LogP contribution in [0, 0.1) is 11.3 Å². The Labute approximate surface area is 263 Å². The van der Waals surface area contributed by atoms with Crippen molar-refractivity contribution in [3.05, 3.63) is 65.7 Å². The standard InChI is InChI=1S/C33H47N5O5S/c1-9-44(34-8)25-17-15-23(16-18-25)20-35-31(42)27(39)26(19-21(2)3)37-29(40)22(4)36-32(43)28(33(5,6)7)38-30(41)24-13-11-10-12-14-24/h9-18,21-22,26,28,34H,19-20H2,1-8H3,(H,35,42)(H,36,43)(H,37,40)(H,38,41)/t22-,26?,28+,44?/m0/s1. The average Bonchev–Trinajstić information content (AvgIpc) is 2.98. The molecule has 10 nitrogen and oxygen atoms in total. The quantitative estimate of drug-likeness (QED) is 0.161. The van der Waals surface area contributed by atoms with Crippen LogP contribution in [-0.4, -0.2) is 60.0 Å². The first-order valence-corrected chi connectivity index (χ1v) is 16.0. The third-order valence-corrected chi connectivity index (χ3v) is 8.53. The lowest BCUT2D eigenvalue weighted by Gasteiger charge is -2.31. The number of amides is 4. The maximum absolute atomic E-state index is 13.2. The molecule has 0 heterocycles. The van der Waals surface area contributed by atoms with Crippen molar-refractivity contribution in [3.8, 4) is 0 Å². The Morgan fingerprint density at radius 1 is 0.841 bits per heavy atom. The zero-order valence-electron chi connectivity index (χ0n) is 26.9. The van der Waals surface area contributed by atoms with Crippen LogP contribution in [0.5, 0.6) is 0 Å². The van der Waals surface area contributed by atoms with Gasteiger partial charge in [-0.25, -0.2) is 0 Å². The van der Waals surface area contributed by atoms with E-state index in [1.165, 1.54) is 6.92 Å². The van der Waals surface area contributed by atoms with Crippen LogP contribution in [0.1, 0.15) is 70.8 Å². The van der Waals surface area contributed by atoms with Crippen molar-refractivity contribution in [2.75, 3.05) is 7.05 Å². The molecule has 0 aromatic heterocycles. The molecule has 0 saturated carbocycles. The molecule has 0 radical (unpaired) electrons. The molecule has 2 unspecified atom stereocenters. The highest BCUT2D eigenvalue weighted by atomic mass is 32.2. The Morgan fingerprint density at radius 3 is 1.98 bits per heavy atom. The molecule has 5 N–H and O–H groups in total. The van der Waals surface area contributed by atoms with Crippen LogP contribution in [0.3, 0.4) is 0 Å². The summed E-state index contributed by atoms with van der Waals surface area (Å²) in [6, 6.07) is 13.2. The number of nitrogens with one attached hydrogen (secondary N) is 5. The van der Waals surface area contributed by atoms with Crippen LogP contribution in [0.4, 0.5) is 0 Å². The van der Waals surface area contributed by atoms with Crippen LogP contribution in [-0.2, 0) is 25.7 Å². The first-order chi connectivity index (χ1) is 20.7. The Morgan fingerprint density at radius 2 is 1.45 bits per heavy atom. The maximum Gasteiger partial charge on any atom is 0.289 e. The van der Waals surface area contributed by atoms with Crippen LogP contribution in [0.25, 0.3) is 0 Å². The fourth-order valence-corrected chi connectivity index (χ4v) is 5.57. The predicted octanol–water partition coefficient (Wildman–Crippen LogP) is 3.34. The van der Waals surface area contributed by atoms with E-state index in [-0.39, 0.29) is 29.6 Å². The number of carbonyl (C=O) groups excluding carboxylic acids is 5. The van der Waals surface area contributed by atoms with E-state index in [2.05, 4.69) is 31.4 Å². The second-order valence-electron chi connectivity index (χ2n) is 12.0. The van der Waals surface area contributed by atoms with Gasteiger partial charge in [-0.05, 0) is 73.8 Å². The predicted molar refractivity (Wildman–Crippen MR) is 176 cm³/mol. The van der Waals surface area contributed by atoms with Crippen LogP contribution in [0.2, 0.25) is 0 Å². The van der Waals surface area contributed by atoms with E-state index in [1.807, 2.05) is 52.1 Å². The first kappa shape index (κ1) is 36.4. The highest BCUT2D eigenvalue weighted by Gasteiger charge is 2.35. The largest absolute Gasteiger partial charge is 0.345 e. The Bertz CT molecular complexity index is 1340. The molecule has 0 aliphatic carbocycles. The molecule has 0 fully saturated rings. The minimum atomic E-state index is -1.07. The molecule has 4 atom stereocenters. The zero-order valence-corrected chi connectivity index (χ0v) is 27.8. The van der Waals surface area contributed by atoms with Crippen molar-refractivity contribution in [1.29, 1.82) is 0 Å². The molecule has 44 heavy (non-hydrogen) atoms. The van der Waals surface area contributed by atoms with E-state index in [1.54, 1.807) is 51.1 Å². The van der Waals surface area contributed by atoms with Gasteiger partial charge in [0.1, 0.15) is 12.1 Å². The van der Waals surface area contributed by atoms with Gasteiger partial charge < -0.3 is 21.3 Å². The molecule has 0 bridgehead atoms. The summed E-state index contributed by atoms with van der Waals surface area (Å²) in [4.78, 5) is 66.2. The number of ketones is 1. The lowest BCUT2D eigenvalue weighted by Crippen LogP contribution is -2.58. The monoisotopic (exact) mass is 625 g/mol. The summed E-state index contributed by atoms with van der Waals surface area (Å²) in [5.74, 6) is -3.13. The van der Waals surface area contributed by atoms with Gasteiger partial charge in [0.25, 0.3) is 11.8 Å². The Kier molecular flexibility index (Phi) is 13.9. The van der Waals surface area contributed by atoms with Crippen LogP contribution in [0.15, 0.2) is 59.5 Å². The lowest BCUT2D eigenvalue weighted by atomic mass is 9.85. The summed E-state index contributed by atoms with van der Waals surface area (Å²) < 4.78 is 3.22. The van der Waals surface area contributed by atoms with E-state index in [0.29, 0.717) is 5.56 Å². The number of hydrogen-bond donors (Lipinski definition) is 5. The molecular formula is C33H47N5O5S. The molecule has 0 aliphatic heterocycles. The van der Waals surface area contributed by atoms with Crippen molar-refractivity contribution in [2.24, 2.45) is 11.3 Å². The fraction of sp³-hybridized carbons (Fsp3) is 0.455. The van der Waals surface area contributed by atoms with E-state index < -0.39 is 53.0 Å². The highest BCUT2D eigenvalue weighted by molar-refractivity contribution is 8.13. The zero-order chi connectivity index (χ0) is 33.0. The van der Waals surface area contributed by atoms with Crippen LogP contribution < -0.4 is 26.0 Å². The minimum Gasteiger partial charge on any atom is -0.345 e. The Hall–Kier alpha value is -3.83. The van der Waals surface area contributed by atoms with Gasteiger partial charge in [0.15, 0.2) is 0 Å². The fourth-order valence-electron chi connectivity index (χ4n) is 4.39. The molecule has 2 aromatic carbocycles. The first-order valence-electron chi connectivity index (χ1n) is 14.8.